The van der Waals surface area contributed by atoms with E-state index in [-0.39, 0.29) is 0 Å². The van der Waals surface area contributed by atoms with Gasteiger partial charge in [0.1, 0.15) is 0 Å². The van der Waals surface area contributed by atoms with Crippen LogP contribution in [-0.2, 0) is 10.8 Å². The van der Waals surface area contributed by atoms with Crippen LogP contribution in [-0.4, -0.2) is 0 Å². The van der Waals surface area contributed by atoms with E-state index in [1.165, 1.54) is 100 Å². The Morgan fingerprint density at radius 1 is 0.246 bits per heavy atom. The lowest BCUT2D eigenvalue weighted by Crippen LogP contribution is -2.28. The highest BCUT2D eigenvalue weighted by Gasteiger charge is 2.55. The third-order valence-electron chi connectivity index (χ3n) is 13.5. The van der Waals surface area contributed by atoms with E-state index < -0.39 is 10.8 Å². The van der Waals surface area contributed by atoms with E-state index in [1.54, 1.807) is 0 Å². The first-order valence-electron chi connectivity index (χ1n) is 20.0. The Labute approximate surface area is 332 Å². The van der Waals surface area contributed by atoms with E-state index in [0.717, 1.165) is 5.69 Å². The second-order valence-electron chi connectivity index (χ2n) is 15.8. The molecule has 264 valence electrons. The number of anilines is 3. The van der Waals surface area contributed by atoms with E-state index in [2.05, 4.69) is 217 Å². The molecule has 1 heteroatoms. The van der Waals surface area contributed by atoms with Crippen LogP contribution in [0.3, 0.4) is 0 Å². The molecule has 4 aliphatic rings. The molecule has 0 saturated heterocycles. The molecule has 0 N–H and O–H groups in total. The Morgan fingerprint density at radius 2 is 0.596 bits per heavy atom. The molecule has 0 saturated carbocycles. The van der Waals surface area contributed by atoms with Crippen molar-refractivity contribution < 1.29 is 0 Å². The predicted molar refractivity (Wildman–Crippen MR) is 234 cm³/mol. The fraction of sp³-hybridized carbons (Fsp3) is 0.0357. The molecule has 0 radical (unpaired) electrons. The zero-order valence-electron chi connectivity index (χ0n) is 31.2. The summed E-state index contributed by atoms with van der Waals surface area (Å²) in [5, 5.41) is 0. The summed E-state index contributed by atoms with van der Waals surface area (Å²) in [6, 6.07) is 79.8. The summed E-state index contributed by atoms with van der Waals surface area (Å²) >= 11 is 0. The molecule has 1 nitrogen and oxygen atoms in total. The van der Waals surface area contributed by atoms with Gasteiger partial charge in [-0.1, -0.05) is 188 Å². The van der Waals surface area contributed by atoms with Gasteiger partial charge in [-0.15, -0.1) is 0 Å². The first-order chi connectivity index (χ1) is 28.3. The maximum Gasteiger partial charge on any atom is 0.0746 e. The van der Waals surface area contributed by atoms with Crippen LogP contribution in [0.4, 0.5) is 17.1 Å². The SMILES string of the molecule is c1ccc(N(c2cccc3c2-c2ccccc2C32c3ccccc3-c3ccccc32)c2cccc3c2C2(c4ccccc4-c4ccccc42)c2ccccc2-3)cc1. The summed E-state index contributed by atoms with van der Waals surface area (Å²) in [4.78, 5) is 2.58. The van der Waals surface area contributed by atoms with Gasteiger partial charge in [0.2, 0.25) is 0 Å². The van der Waals surface area contributed by atoms with Gasteiger partial charge in [-0.25, -0.2) is 0 Å². The lowest BCUT2D eigenvalue weighted by molar-refractivity contribution is 0.791. The molecular formula is C56H35N. The van der Waals surface area contributed by atoms with Crippen LogP contribution in [0.25, 0.3) is 44.5 Å². The van der Waals surface area contributed by atoms with Crippen molar-refractivity contribution in [3.63, 3.8) is 0 Å². The van der Waals surface area contributed by atoms with E-state index in [9.17, 15) is 0 Å². The van der Waals surface area contributed by atoms with E-state index in [4.69, 9.17) is 0 Å². The normalized spacial score (nSPS) is 14.6. The molecule has 0 heterocycles. The largest absolute Gasteiger partial charge is 0.310 e. The van der Waals surface area contributed by atoms with Gasteiger partial charge >= 0.3 is 0 Å². The van der Waals surface area contributed by atoms with E-state index in [1.807, 2.05) is 0 Å². The minimum absolute atomic E-state index is 0.434. The predicted octanol–water partition coefficient (Wildman–Crippen LogP) is 13.8. The standard InChI is InChI=1S/C56H35N/c1-2-18-36(19-3-1)57(51-34-17-33-50-53(51)43-25-9-15-32-49(43)55(50)44-27-10-4-20-37(44)38-21-5-11-28-45(38)55)52-35-16-26-42-41-24-8-14-31-48(41)56(54(42)52)46-29-12-6-22-39(46)40-23-7-13-30-47(40)56/h1-35H. The molecule has 9 aromatic rings. The molecule has 2 spiro atoms. The maximum atomic E-state index is 2.58. The molecule has 13 rings (SSSR count). The lowest BCUT2D eigenvalue weighted by atomic mass is 9.70. The maximum absolute atomic E-state index is 2.58. The average Bonchev–Trinajstić information content (AvgIpc) is 3.97. The van der Waals surface area contributed by atoms with Crippen molar-refractivity contribution in [3.05, 3.63) is 257 Å². The molecule has 0 unspecified atom stereocenters. The Balaban J connectivity index is 1.16. The first-order valence-corrected chi connectivity index (χ1v) is 20.0. The first kappa shape index (κ1) is 31.0. The highest BCUT2D eigenvalue weighted by Crippen LogP contribution is 2.68. The van der Waals surface area contributed by atoms with E-state index >= 15 is 0 Å². The monoisotopic (exact) mass is 721 g/mol. The lowest BCUT2D eigenvalue weighted by Gasteiger charge is -2.36. The van der Waals surface area contributed by atoms with Gasteiger partial charge < -0.3 is 4.90 Å². The molecule has 0 atom stereocenters. The van der Waals surface area contributed by atoms with Crippen molar-refractivity contribution in [2.45, 2.75) is 10.8 Å². The number of rotatable bonds is 3. The number of nitrogens with zero attached hydrogens (tertiary/aromatic N) is 1. The number of hydrogen-bond acceptors (Lipinski definition) is 1. The highest BCUT2D eigenvalue weighted by atomic mass is 15.2. The summed E-state index contributed by atoms with van der Waals surface area (Å²) < 4.78 is 0. The van der Waals surface area contributed by atoms with Crippen LogP contribution >= 0.6 is 0 Å². The van der Waals surface area contributed by atoms with Gasteiger partial charge in [0.15, 0.2) is 0 Å². The summed E-state index contributed by atoms with van der Waals surface area (Å²) in [5.41, 5.74) is 23.8. The second-order valence-corrected chi connectivity index (χ2v) is 15.8. The third kappa shape index (κ3) is 3.66. The van der Waals surface area contributed by atoms with Crippen molar-refractivity contribution >= 4 is 17.1 Å². The van der Waals surface area contributed by atoms with E-state index in [0.29, 0.717) is 0 Å². The van der Waals surface area contributed by atoms with Crippen LogP contribution < -0.4 is 4.90 Å². The summed E-state index contributed by atoms with van der Waals surface area (Å²) in [6.07, 6.45) is 0. The molecule has 0 bridgehead atoms. The Bertz CT molecular complexity index is 3040. The van der Waals surface area contributed by atoms with Crippen LogP contribution in [0.1, 0.15) is 44.5 Å². The number of fused-ring (bicyclic) bond motifs is 20. The van der Waals surface area contributed by atoms with Crippen LogP contribution in [0.15, 0.2) is 212 Å². The molecule has 0 aromatic heterocycles. The second kappa shape index (κ2) is 11.2. The van der Waals surface area contributed by atoms with Gasteiger partial charge in [0, 0.05) is 16.8 Å². The van der Waals surface area contributed by atoms with Crippen molar-refractivity contribution in [3.8, 4) is 44.5 Å². The van der Waals surface area contributed by atoms with Crippen LogP contribution in [0, 0.1) is 0 Å². The molecule has 0 amide bonds. The molecule has 4 aliphatic carbocycles. The summed E-state index contributed by atoms with van der Waals surface area (Å²) in [6.45, 7) is 0. The summed E-state index contributed by atoms with van der Waals surface area (Å²) in [5.74, 6) is 0. The van der Waals surface area contributed by atoms with Crippen LogP contribution in [0.2, 0.25) is 0 Å². The van der Waals surface area contributed by atoms with Gasteiger partial charge in [0.25, 0.3) is 0 Å². The van der Waals surface area contributed by atoms with Crippen molar-refractivity contribution in [2.75, 3.05) is 4.90 Å². The fourth-order valence-corrected chi connectivity index (χ4v) is 11.6. The van der Waals surface area contributed by atoms with Gasteiger partial charge in [-0.3, -0.25) is 0 Å². The van der Waals surface area contributed by atoms with Gasteiger partial charge in [0.05, 0.1) is 22.2 Å². The summed E-state index contributed by atoms with van der Waals surface area (Å²) in [7, 11) is 0. The van der Waals surface area contributed by atoms with Crippen molar-refractivity contribution in [1.29, 1.82) is 0 Å². The number of para-hydroxylation sites is 1. The minimum atomic E-state index is -0.497. The Morgan fingerprint density at radius 3 is 1.12 bits per heavy atom. The molecule has 0 fully saturated rings. The zero-order valence-corrected chi connectivity index (χ0v) is 31.2. The zero-order chi connectivity index (χ0) is 37.3. The number of benzene rings is 9. The van der Waals surface area contributed by atoms with Crippen molar-refractivity contribution in [2.24, 2.45) is 0 Å². The molecule has 9 aromatic carbocycles. The van der Waals surface area contributed by atoms with Gasteiger partial charge in [-0.05, 0) is 102 Å². The van der Waals surface area contributed by atoms with Crippen molar-refractivity contribution in [1.82, 2.24) is 0 Å². The molecule has 0 aliphatic heterocycles. The number of hydrogen-bond donors (Lipinski definition) is 0. The Kier molecular flexibility index (Phi) is 6.09. The quantitative estimate of drug-likeness (QED) is 0.176. The third-order valence-corrected chi connectivity index (χ3v) is 13.5. The Hall–Kier alpha value is -7.22. The molecular weight excluding hydrogens is 687 g/mol. The smallest absolute Gasteiger partial charge is 0.0746 e. The fourth-order valence-electron chi connectivity index (χ4n) is 11.6. The van der Waals surface area contributed by atoms with Gasteiger partial charge in [-0.2, -0.15) is 0 Å². The van der Waals surface area contributed by atoms with Crippen LogP contribution in [0.5, 0.6) is 0 Å². The highest BCUT2D eigenvalue weighted by molar-refractivity contribution is 6.04. The average molecular weight is 722 g/mol. The molecule has 57 heavy (non-hydrogen) atoms. The minimum Gasteiger partial charge on any atom is -0.310 e. The topological polar surface area (TPSA) is 3.24 Å².